The van der Waals surface area contributed by atoms with E-state index in [1.807, 2.05) is 0 Å². The van der Waals surface area contributed by atoms with Crippen molar-refractivity contribution in [3.8, 4) is 5.75 Å². The maximum atomic E-state index is 12.5. The second kappa shape index (κ2) is 11.3. The molecule has 3 rings (SSSR count). The minimum Gasteiger partial charge on any atom is -0.492 e. The molecular formula is C16H27Cl2N3O4S. The molecule has 7 nitrogen and oxygen atoms in total. The number of benzene rings is 1. The van der Waals surface area contributed by atoms with Crippen LogP contribution < -0.4 is 10.1 Å². The molecule has 10 heteroatoms. The lowest BCUT2D eigenvalue weighted by Gasteiger charge is -2.27. The van der Waals surface area contributed by atoms with Crippen molar-refractivity contribution in [2.24, 2.45) is 0 Å². The van der Waals surface area contributed by atoms with Crippen LogP contribution in [0.3, 0.4) is 0 Å². The Bertz CT molecular complexity index is 619. The second-order valence-electron chi connectivity index (χ2n) is 5.93. The van der Waals surface area contributed by atoms with Gasteiger partial charge in [-0.3, -0.25) is 4.90 Å². The van der Waals surface area contributed by atoms with Gasteiger partial charge in [-0.15, -0.1) is 24.8 Å². The van der Waals surface area contributed by atoms with Gasteiger partial charge in [0.15, 0.2) is 0 Å². The molecule has 2 fully saturated rings. The molecule has 0 unspecified atom stereocenters. The van der Waals surface area contributed by atoms with Gasteiger partial charge in [0.1, 0.15) is 12.4 Å². The molecule has 150 valence electrons. The Morgan fingerprint density at radius 2 is 1.62 bits per heavy atom. The zero-order valence-corrected chi connectivity index (χ0v) is 17.1. The second-order valence-corrected chi connectivity index (χ2v) is 7.87. The van der Waals surface area contributed by atoms with Gasteiger partial charge in [0.2, 0.25) is 10.0 Å². The number of sulfonamides is 1. The molecule has 2 saturated heterocycles. The first kappa shape index (κ1) is 23.4. The third-order valence-electron chi connectivity index (χ3n) is 4.32. The Hall–Kier alpha value is -0.610. The van der Waals surface area contributed by atoms with Crippen LogP contribution in [0.4, 0.5) is 0 Å². The Morgan fingerprint density at radius 1 is 1.00 bits per heavy atom. The standard InChI is InChI=1S/C16H25N3O4S.2ClH/c20-24(21,19-10-12-22-13-11-19)16-3-1-15(2-4-16)23-14-9-18-7-5-17-6-8-18;;/h1-4,17H,5-14H2;2*1H. The van der Waals surface area contributed by atoms with Gasteiger partial charge in [-0.1, -0.05) is 0 Å². The highest BCUT2D eigenvalue weighted by atomic mass is 35.5. The number of ether oxygens (including phenoxy) is 2. The zero-order chi connectivity index (χ0) is 16.8. The monoisotopic (exact) mass is 427 g/mol. The molecule has 0 saturated carbocycles. The molecule has 2 heterocycles. The van der Waals surface area contributed by atoms with E-state index in [2.05, 4.69) is 10.2 Å². The summed E-state index contributed by atoms with van der Waals surface area (Å²) in [7, 11) is -3.43. The number of halogens is 2. The molecule has 0 aromatic heterocycles. The summed E-state index contributed by atoms with van der Waals surface area (Å²) in [5, 5.41) is 3.32. The lowest BCUT2D eigenvalue weighted by Crippen LogP contribution is -2.44. The Morgan fingerprint density at radius 3 is 2.23 bits per heavy atom. The lowest BCUT2D eigenvalue weighted by atomic mass is 10.3. The molecule has 26 heavy (non-hydrogen) atoms. The number of hydrogen-bond donors (Lipinski definition) is 1. The summed E-state index contributed by atoms with van der Waals surface area (Å²) >= 11 is 0. The molecular weight excluding hydrogens is 401 g/mol. The largest absolute Gasteiger partial charge is 0.492 e. The van der Waals surface area contributed by atoms with Crippen molar-refractivity contribution in [3.63, 3.8) is 0 Å². The molecule has 0 radical (unpaired) electrons. The maximum absolute atomic E-state index is 12.5. The van der Waals surface area contributed by atoms with Crippen LogP contribution >= 0.6 is 24.8 Å². The number of nitrogens with one attached hydrogen (secondary N) is 1. The highest BCUT2D eigenvalue weighted by Gasteiger charge is 2.26. The smallest absolute Gasteiger partial charge is 0.243 e. The van der Waals surface area contributed by atoms with Crippen molar-refractivity contribution < 1.29 is 17.9 Å². The molecule has 0 bridgehead atoms. The molecule has 1 aromatic rings. The third-order valence-corrected chi connectivity index (χ3v) is 6.23. The van der Waals surface area contributed by atoms with Crippen LogP contribution in [0.1, 0.15) is 0 Å². The minimum absolute atomic E-state index is 0. The van der Waals surface area contributed by atoms with E-state index in [0.717, 1.165) is 32.7 Å². The highest BCUT2D eigenvalue weighted by Crippen LogP contribution is 2.20. The van der Waals surface area contributed by atoms with Gasteiger partial charge in [0, 0.05) is 45.8 Å². The van der Waals surface area contributed by atoms with Crippen molar-refractivity contribution in [1.82, 2.24) is 14.5 Å². The summed E-state index contributed by atoms with van der Waals surface area (Å²) in [4.78, 5) is 2.66. The Kier molecular flexibility index (Phi) is 10.2. The van der Waals surface area contributed by atoms with Crippen molar-refractivity contribution in [3.05, 3.63) is 24.3 Å². The summed E-state index contributed by atoms with van der Waals surface area (Å²) in [5.41, 5.74) is 0. The zero-order valence-electron chi connectivity index (χ0n) is 14.6. The number of nitrogens with zero attached hydrogens (tertiary/aromatic N) is 2. The molecule has 1 aromatic carbocycles. The van der Waals surface area contributed by atoms with Crippen LogP contribution in [0.5, 0.6) is 5.75 Å². The molecule has 0 amide bonds. The third kappa shape index (κ3) is 6.23. The quantitative estimate of drug-likeness (QED) is 0.724. The Labute approximate surface area is 167 Å². The van der Waals surface area contributed by atoms with Gasteiger partial charge in [-0.05, 0) is 24.3 Å². The average Bonchev–Trinajstić information content (AvgIpc) is 2.64. The van der Waals surface area contributed by atoms with Gasteiger partial charge < -0.3 is 14.8 Å². The molecule has 0 aliphatic carbocycles. The van der Waals surface area contributed by atoms with E-state index in [1.54, 1.807) is 24.3 Å². The molecule has 2 aliphatic heterocycles. The van der Waals surface area contributed by atoms with E-state index in [0.29, 0.717) is 43.6 Å². The number of piperazine rings is 1. The first-order valence-corrected chi connectivity index (χ1v) is 9.84. The highest BCUT2D eigenvalue weighted by molar-refractivity contribution is 7.89. The van der Waals surface area contributed by atoms with E-state index in [1.165, 1.54) is 4.31 Å². The SMILES string of the molecule is Cl.Cl.O=S(=O)(c1ccc(OCCN2CCNCC2)cc1)N1CCOCC1. The topological polar surface area (TPSA) is 71.1 Å². The van der Waals surface area contributed by atoms with E-state index in [-0.39, 0.29) is 24.8 Å². The van der Waals surface area contributed by atoms with Gasteiger partial charge in [-0.2, -0.15) is 4.31 Å². The van der Waals surface area contributed by atoms with Gasteiger partial charge in [-0.25, -0.2) is 8.42 Å². The van der Waals surface area contributed by atoms with E-state index >= 15 is 0 Å². The summed E-state index contributed by atoms with van der Waals surface area (Å²) in [6, 6.07) is 6.69. The fraction of sp³-hybridized carbons (Fsp3) is 0.625. The summed E-state index contributed by atoms with van der Waals surface area (Å²) < 4.78 is 37.5. The minimum atomic E-state index is -3.43. The van der Waals surface area contributed by atoms with E-state index < -0.39 is 10.0 Å². The van der Waals surface area contributed by atoms with Crippen molar-refractivity contribution in [2.75, 3.05) is 65.6 Å². The van der Waals surface area contributed by atoms with E-state index in [4.69, 9.17) is 9.47 Å². The predicted molar refractivity (Wildman–Crippen MR) is 105 cm³/mol. The van der Waals surface area contributed by atoms with Crippen LogP contribution in [0.15, 0.2) is 29.2 Å². The van der Waals surface area contributed by atoms with E-state index in [9.17, 15) is 8.42 Å². The average molecular weight is 428 g/mol. The summed E-state index contributed by atoms with van der Waals surface area (Å²) in [6.07, 6.45) is 0. The fourth-order valence-electron chi connectivity index (χ4n) is 2.87. The number of rotatable bonds is 6. The predicted octanol–water partition coefficient (Wildman–Crippen LogP) is 0.835. The molecule has 0 spiro atoms. The summed E-state index contributed by atoms with van der Waals surface area (Å²) in [6.45, 7) is 7.34. The number of morpholine rings is 1. The first-order valence-electron chi connectivity index (χ1n) is 8.40. The molecule has 0 atom stereocenters. The molecule has 1 N–H and O–H groups in total. The van der Waals surface area contributed by atoms with Gasteiger partial charge in [0.05, 0.1) is 18.1 Å². The summed E-state index contributed by atoms with van der Waals surface area (Å²) in [5.74, 6) is 0.700. The van der Waals surface area contributed by atoms with Crippen LogP contribution in [0.25, 0.3) is 0 Å². The number of hydrogen-bond acceptors (Lipinski definition) is 6. The molecule has 2 aliphatic rings. The normalized spacial score (nSPS) is 19.2. The first-order chi connectivity index (χ1) is 11.7. The van der Waals surface area contributed by atoms with Crippen LogP contribution in [-0.2, 0) is 14.8 Å². The van der Waals surface area contributed by atoms with Crippen LogP contribution in [-0.4, -0.2) is 83.3 Å². The fourth-order valence-corrected chi connectivity index (χ4v) is 4.28. The Balaban J connectivity index is 0.00000169. The maximum Gasteiger partial charge on any atom is 0.243 e. The van der Waals surface area contributed by atoms with Crippen LogP contribution in [0, 0.1) is 0 Å². The van der Waals surface area contributed by atoms with Crippen molar-refractivity contribution in [2.45, 2.75) is 4.90 Å². The van der Waals surface area contributed by atoms with Gasteiger partial charge in [0.25, 0.3) is 0 Å². The lowest BCUT2D eigenvalue weighted by molar-refractivity contribution is 0.0730. The van der Waals surface area contributed by atoms with Crippen molar-refractivity contribution in [1.29, 1.82) is 0 Å². The van der Waals surface area contributed by atoms with Gasteiger partial charge >= 0.3 is 0 Å². The van der Waals surface area contributed by atoms with Crippen LogP contribution in [0.2, 0.25) is 0 Å². The van der Waals surface area contributed by atoms with Crippen molar-refractivity contribution >= 4 is 34.8 Å².